The molecule has 1 aromatic carbocycles. The lowest BCUT2D eigenvalue weighted by molar-refractivity contribution is 0.0907. The molecule has 0 saturated heterocycles. The third-order valence-electron chi connectivity index (χ3n) is 5.02. The van der Waals surface area contributed by atoms with Crippen LogP contribution >= 0.6 is 12.4 Å². The minimum absolute atomic E-state index is 0. The molecule has 0 bridgehead atoms. The SMILES string of the molecule is Cc1ccc(C(=O)NC2CCCCC2CN)cc1NC(=O)c1ccco1.Cl. The smallest absolute Gasteiger partial charge is 0.291 e. The van der Waals surface area contributed by atoms with Gasteiger partial charge in [-0.1, -0.05) is 18.9 Å². The van der Waals surface area contributed by atoms with Crippen LogP contribution in [0.4, 0.5) is 5.69 Å². The highest BCUT2D eigenvalue weighted by atomic mass is 35.5. The van der Waals surface area contributed by atoms with Gasteiger partial charge in [0.05, 0.1) is 6.26 Å². The zero-order valence-electron chi connectivity index (χ0n) is 15.4. The number of carbonyl (C=O) groups is 2. The maximum absolute atomic E-state index is 12.7. The van der Waals surface area contributed by atoms with Gasteiger partial charge in [-0.15, -0.1) is 12.4 Å². The van der Waals surface area contributed by atoms with E-state index in [-0.39, 0.29) is 36.0 Å². The van der Waals surface area contributed by atoms with Gasteiger partial charge in [0.25, 0.3) is 11.8 Å². The summed E-state index contributed by atoms with van der Waals surface area (Å²) < 4.78 is 5.11. The number of rotatable bonds is 5. The van der Waals surface area contributed by atoms with E-state index in [4.69, 9.17) is 10.2 Å². The van der Waals surface area contributed by atoms with Crippen LogP contribution in [0.3, 0.4) is 0 Å². The molecule has 1 fully saturated rings. The van der Waals surface area contributed by atoms with Gasteiger partial charge in [-0.3, -0.25) is 9.59 Å². The van der Waals surface area contributed by atoms with Crippen LogP contribution in [0.2, 0.25) is 0 Å². The van der Waals surface area contributed by atoms with Crippen molar-refractivity contribution in [2.75, 3.05) is 11.9 Å². The van der Waals surface area contributed by atoms with Crippen molar-refractivity contribution < 1.29 is 14.0 Å². The summed E-state index contributed by atoms with van der Waals surface area (Å²) >= 11 is 0. The number of nitrogens with two attached hydrogens (primary N) is 1. The Morgan fingerprint density at radius 1 is 1.19 bits per heavy atom. The first kappa shape index (κ1) is 21.0. The van der Waals surface area contributed by atoms with Gasteiger partial charge in [-0.05, 0) is 62.1 Å². The average Bonchev–Trinajstić information content (AvgIpc) is 3.18. The minimum Gasteiger partial charge on any atom is -0.459 e. The Bertz CT molecular complexity index is 777. The number of aryl methyl sites for hydroxylation is 1. The van der Waals surface area contributed by atoms with Crippen LogP contribution in [0, 0.1) is 12.8 Å². The lowest BCUT2D eigenvalue weighted by Crippen LogP contribution is -2.44. The van der Waals surface area contributed by atoms with E-state index in [1.165, 1.54) is 12.7 Å². The summed E-state index contributed by atoms with van der Waals surface area (Å²) in [5, 5.41) is 5.91. The second-order valence-electron chi connectivity index (χ2n) is 6.82. The second-order valence-corrected chi connectivity index (χ2v) is 6.82. The van der Waals surface area contributed by atoms with Gasteiger partial charge in [0.15, 0.2) is 5.76 Å². The molecule has 1 saturated carbocycles. The third-order valence-corrected chi connectivity index (χ3v) is 5.02. The van der Waals surface area contributed by atoms with E-state index in [2.05, 4.69) is 10.6 Å². The molecule has 2 amide bonds. The Labute approximate surface area is 165 Å². The summed E-state index contributed by atoms with van der Waals surface area (Å²) in [6, 6.07) is 8.66. The summed E-state index contributed by atoms with van der Waals surface area (Å²) in [5.74, 6) is 0.0819. The molecule has 27 heavy (non-hydrogen) atoms. The van der Waals surface area contributed by atoms with E-state index >= 15 is 0 Å². The molecule has 6 nitrogen and oxygen atoms in total. The molecule has 0 aliphatic heterocycles. The van der Waals surface area contributed by atoms with Crippen molar-refractivity contribution in [3.8, 4) is 0 Å². The first-order valence-corrected chi connectivity index (χ1v) is 9.05. The van der Waals surface area contributed by atoms with E-state index < -0.39 is 0 Å². The van der Waals surface area contributed by atoms with E-state index in [9.17, 15) is 9.59 Å². The van der Waals surface area contributed by atoms with Gasteiger partial charge >= 0.3 is 0 Å². The fourth-order valence-corrected chi connectivity index (χ4v) is 3.42. The van der Waals surface area contributed by atoms with Crippen LogP contribution in [0.5, 0.6) is 0 Å². The van der Waals surface area contributed by atoms with Gasteiger partial charge in [0, 0.05) is 17.3 Å². The number of nitrogens with one attached hydrogen (secondary N) is 2. The Balaban J connectivity index is 0.00000261. The van der Waals surface area contributed by atoms with Crippen molar-refractivity contribution in [2.45, 2.75) is 38.6 Å². The molecule has 1 aliphatic rings. The number of carbonyl (C=O) groups excluding carboxylic acids is 2. The number of amides is 2. The van der Waals surface area contributed by atoms with E-state index in [0.717, 1.165) is 24.8 Å². The van der Waals surface area contributed by atoms with Crippen molar-refractivity contribution in [3.05, 3.63) is 53.5 Å². The largest absolute Gasteiger partial charge is 0.459 e. The Morgan fingerprint density at radius 2 is 1.96 bits per heavy atom. The zero-order chi connectivity index (χ0) is 18.5. The molecule has 2 unspecified atom stereocenters. The van der Waals surface area contributed by atoms with Gasteiger partial charge in [-0.25, -0.2) is 0 Å². The number of anilines is 1. The molecular formula is C20H26ClN3O3. The average molecular weight is 392 g/mol. The van der Waals surface area contributed by atoms with Crippen LogP contribution in [-0.4, -0.2) is 24.4 Å². The van der Waals surface area contributed by atoms with Crippen LogP contribution in [-0.2, 0) is 0 Å². The van der Waals surface area contributed by atoms with Gasteiger partial charge in [0.2, 0.25) is 0 Å². The molecule has 1 heterocycles. The number of halogens is 1. The molecule has 1 aliphatic carbocycles. The van der Waals surface area contributed by atoms with Crippen molar-refractivity contribution >= 4 is 29.9 Å². The van der Waals surface area contributed by atoms with Crippen LogP contribution in [0.1, 0.15) is 52.2 Å². The monoisotopic (exact) mass is 391 g/mol. The van der Waals surface area contributed by atoms with E-state index in [1.54, 1.807) is 24.3 Å². The summed E-state index contributed by atoms with van der Waals surface area (Å²) in [4.78, 5) is 24.9. The molecule has 3 rings (SSSR count). The molecule has 2 atom stereocenters. The molecule has 7 heteroatoms. The number of furan rings is 1. The topological polar surface area (TPSA) is 97.4 Å². The van der Waals surface area contributed by atoms with Crippen molar-refractivity contribution in [1.29, 1.82) is 0 Å². The van der Waals surface area contributed by atoms with Crippen molar-refractivity contribution in [3.63, 3.8) is 0 Å². The maximum atomic E-state index is 12.7. The normalized spacial score (nSPS) is 19.0. The Kier molecular flexibility index (Phi) is 7.45. The molecule has 2 aromatic rings. The highest BCUT2D eigenvalue weighted by Crippen LogP contribution is 2.24. The zero-order valence-corrected chi connectivity index (χ0v) is 16.2. The highest BCUT2D eigenvalue weighted by molar-refractivity contribution is 6.04. The predicted octanol–water partition coefficient (Wildman–Crippen LogP) is 3.51. The van der Waals surface area contributed by atoms with E-state index in [1.807, 2.05) is 13.0 Å². The van der Waals surface area contributed by atoms with Crippen LogP contribution in [0.15, 0.2) is 41.0 Å². The minimum atomic E-state index is -0.342. The van der Waals surface area contributed by atoms with E-state index in [0.29, 0.717) is 23.7 Å². The fourth-order valence-electron chi connectivity index (χ4n) is 3.42. The number of hydrogen-bond donors (Lipinski definition) is 3. The standard InChI is InChI=1S/C20H25N3O3.ClH/c1-13-8-9-14(11-17(13)23-20(25)18-7-4-10-26-18)19(24)22-16-6-3-2-5-15(16)12-21;/h4,7-11,15-16H,2-3,5-6,12,21H2,1H3,(H,22,24)(H,23,25);1H. The number of benzene rings is 1. The quantitative estimate of drug-likeness (QED) is 0.726. The van der Waals surface area contributed by atoms with Crippen molar-refractivity contribution in [1.82, 2.24) is 5.32 Å². The third kappa shape index (κ3) is 5.11. The lowest BCUT2D eigenvalue weighted by Gasteiger charge is -2.31. The highest BCUT2D eigenvalue weighted by Gasteiger charge is 2.25. The summed E-state index contributed by atoms with van der Waals surface area (Å²) in [6.45, 7) is 2.47. The van der Waals surface area contributed by atoms with Gasteiger partial charge < -0.3 is 20.8 Å². The lowest BCUT2D eigenvalue weighted by atomic mass is 9.84. The molecule has 0 spiro atoms. The Hall–Kier alpha value is -2.31. The van der Waals surface area contributed by atoms with Gasteiger partial charge in [0.1, 0.15) is 0 Å². The summed E-state index contributed by atoms with van der Waals surface area (Å²) in [7, 11) is 0. The molecule has 1 aromatic heterocycles. The predicted molar refractivity (Wildman–Crippen MR) is 107 cm³/mol. The first-order valence-electron chi connectivity index (χ1n) is 9.05. The van der Waals surface area contributed by atoms with Crippen LogP contribution in [0.25, 0.3) is 0 Å². The first-order chi connectivity index (χ1) is 12.6. The molecule has 4 N–H and O–H groups in total. The second kappa shape index (κ2) is 9.58. The fraction of sp³-hybridized carbons (Fsp3) is 0.400. The maximum Gasteiger partial charge on any atom is 0.291 e. The Morgan fingerprint density at radius 3 is 2.67 bits per heavy atom. The summed E-state index contributed by atoms with van der Waals surface area (Å²) in [6.07, 6.45) is 5.74. The summed E-state index contributed by atoms with van der Waals surface area (Å²) in [5.41, 5.74) is 7.84. The van der Waals surface area contributed by atoms with Crippen molar-refractivity contribution in [2.24, 2.45) is 11.7 Å². The van der Waals surface area contributed by atoms with Crippen LogP contribution < -0.4 is 16.4 Å². The molecule has 0 radical (unpaired) electrons. The molecular weight excluding hydrogens is 366 g/mol. The van der Waals surface area contributed by atoms with Gasteiger partial charge in [-0.2, -0.15) is 0 Å². The number of hydrogen-bond acceptors (Lipinski definition) is 4. The molecule has 146 valence electrons.